The van der Waals surface area contributed by atoms with Gasteiger partial charge < -0.3 is 11.1 Å². The Kier molecular flexibility index (Phi) is 12.8. The molecule has 3 atom stereocenters. The minimum atomic E-state index is 0.543. The molecule has 2 rings (SSSR count). The summed E-state index contributed by atoms with van der Waals surface area (Å²) in [7, 11) is 0. The predicted molar refractivity (Wildman–Crippen MR) is 84.7 cm³/mol. The number of fused-ring (bicyclic) bond motifs is 2. The minimum Gasteiger partial charge on any atom is -0.402 e. The SMILES string of the molecule is CC.CC.CC.CC1=C(N)C(C)C2CCCC1N2. The topological polar surface area (TPSA) is 38.0 Å². The quantitative estimate of drug-likeness (QED) is 0.671. The molecule has 1 saturated heterocycles. The van der Waals surface area contributed by atoms with Crippen molar-refractivity contribution in [3.8, 4) is 0 Å². The fraction of sp³-hybridized carbons (Fsp3) is 0.875. The molecular formula is C16H36N2. The Labute approximate surface area is 115 Å². The van der Waals surface area contributed by atoms with Crippen LogP contribution in [0.1, 0.15) is 74.7 Å². The molecule has 18 heavy (non-hydrogen) atoms. The molecule has 0 amide bonds. The zero-order chi connectivity index (χ0) is 14.7. The smallest absolute Gasteiger partial charge is 0.0299 e. The first-order chi connectivity index (χ1) is 8.70. The normalized spacial score (nSPS) is 28.8. The van der Waals surface area contributed by atoms with Gasteiger partial charge in [-0.2, -0.15) is 0 Å². The van der Waals surface area contributed by atoms with Crippen LogP contribution in [0.25, 0.3) is 0 Å². The maximum absolute atomic E-state index is 6.05. The van der Waals surface area contributed by atoms with Gasteiger partial charge in [-0.15, -0.1) is 0 Å². The monoisotopic (exact) mass is 256 g/mol. The van der Waals surface area contributed by atoms with Crippen LogP contribution in [0.5, 0.6) is 0 Å². The fourth-order valence-electron chi connectivity index (χ4n) is 2.48. The standard InChI is InChI=1S/C10H18N2.3C2H6/c1-6-8-4-3-5-9(12-8)7(2)10(6)11;3*1-2/h6,8-9,12H,3-5,11H2,1-2H3;3*1-2H3. The van der Waals surface area contributed by atoms with E-state index in [9.17, 15) is 0 Å². The molecule has 0 radical (unpaired) electrons. The summed E-state index contributed by atoms with van der Waals surface area (Å²) in [4.78, 5) is 0. The van der Waals surface area contributed by atoms with Gasteiger partial charge in [-0.3, -0.25) is 0 Å². The Bertz CT molecular complexity index is 211. The van der Waals surface area contributed by atoms with Crippen LogP contribution in [-0.2, 0) is 0 Å². The van der Waals surface area contributed by atoms with Crippen molar-refractivity contribution in [3.63, 3.8) is 0 Å². The molecule has 3 N–H and O–H groups in total. The van der Waals surface area contributed by atoms with E-state index in [4.69, 9.17) is 5.73 Å². The second kappa shape index (κ2) is 11.6. The third-order valence-electron chi connectivity index (χ3n) is 3.50. The van der Waals surface area contributed by atoms with Crippen molar-refractivity contribution in [1.82, 2.24) is 5.32 Å². The van der Waals surface area contributed by atoms with Crippen LogP contribution in [0.15, 0.2) is 11.3 Å². The zero-order valence-electron chi connectivity index (χ0n) is 13.9. The highest BCUT2D eigenvalue weighted by atomic mass is 15.0. The molecule has 2 heterocycles. The van der Waals surface area contributed by atoms with E-state index in [-0.39, 0.29) is 0 Å². The maximum Gasteiger partial charge on any atom is 0.0299 e. The van der Waals surface area contributed by atoms with E-state index >= 15 is 0 Å². The second-order valence-corrected chi connectivity index (χ2v) is 4.18. The third-order valence-corrected chi connectivity index (χ3v) is 3.50. The van der Waals surface area contributed by atoms with Gasteiger partial charge in [0.2, 0.25) is 0 Å². The van der Waals surface area contributed by atoms with Crippen molar-refractivity contribution in [3.05, 3.63) is 11.3 Å². The Hall–Kier alpha value is -0.500. The summed E-state index contributed by atoms with van der Waals surface area (Å²) >= 11 is 0. The summed E-state index contributed by atoms with van der Waals surface area (Å²) < 4.78 is 0. The van der Waals surface area contributed by atoms with Crippen LogP contribution in [0.4, 0.5) is 0 Å². The van der Waals surface area contributed by atoms with Gasteiger partial charge >= 0.3 is 0 Å². The lowest BCUT2D eigenvalue weighted by molar-refractivity contribution is 0.269. The lowest BCUT2D eigenvalue weighted by atomic mass is 9.79. The summed E-state index contributed by atoms with van der Waals surface area (Å²) in [6.07, 6.45) is 3.93. The molecular weight excluding hydrogens is 220 g/mol. The predicted octanol–water partition coefficient (Wildman–Crippen LogP) is 4.46. The Morgan fingerprint density at radius 1 is 1.00 bits per heavy atom. The van der Waals surface area contributed by atoms with Crippen LogP contribution in [-0.4, -0.2) is 12.1 Å². The van der Waals surface area contributed by atoms with Gasteiger partial charge in [0.15, 0.2) is 0 Å². The number of rotatable bonds is 0. The molecule has 1 fully saturated rings. The first-order valence-electron chi connectivity index (χ1n) is 7.92. The Morgan fingerprint density at radius 3 is 2.00 bits per heavy atom. The summed E-state index contributed by atoms with van der Waals surface area (Å²) in [5.41, 5.74) is 8.58. The van der Waals surface area contributed by atoms with Gasteiger partial charge in [0.1, 0.15) is 0 Å². The maximum atomic E-state index is 6.05. The van der Waals surface area contributed by atoms with E-state index in [1.807, 2.05) is 41.5 Å². The molecule has 2 aliphatic rings. The van der Waals surface area contributed by atoms with Crippen molar-refractivity contribution in [1.29, 1.82) is 0 Å². The number of nitrogens with two attached hydrogens (primary N) is 1. The van der Waals surface area contributed by atoms with E-state index in [1.54, 1.807) is 0 Å². The first kappa shape index (κ1) is 19.8. The molecule has 2 heteroatoms. The van der Waals surface area contributed by atoms with Crippen LogP contribution < -0.4 is 11.1 Å². The summed E-state index contributed by atoms with van der Waals surface area (Å²) in [5, 5.41) is 3.64. The van der Waals surface area contributed by atoms with Gasteiger partial charge in [-0.25, -0.2) is 0 Å². The fourth-order valence-corrected chi connectivity index (χ4v) is 2.48. The van der Waals surface area contributed by atoms with E-state index in [0.29, 0.717) is 18.0 Å². The lowest BCUT2D eigenvalue weighted by Crippen LogP contribution is -2.52. The van der Waals surface area contributed by atoms with Gasteiger partial charge in [0.25, 0.3) is 0 Å². The molecule has 0 spiro atoms. The van der Waals surface area contributed by atoms with Crippen LogP contribution in [0, 0.1) is 5.92 Å². The molecule has 2 bridgehead atoms. The molecule has 110 valence electrons. The highest BCUT2D eigenvalue weighted by Crippen LogP contribution is 2.31. The van der Waals surface area contributed by atoms with Gasteiger partial charge in [-0.1, -0.05) is 48.5 Å². The van der Waals surface area contributed by atoms with Crippen molar-refractivity contribution >= 4 is 0 Å². The molecule has 0 saturated carbocycles. The highest BCUT2D eigenvalue weighted by molar-refractivity contribution is 5.24. The number of hydrogen-bond acceptors (Lipinski definition) is 2. The largest absolute Gasteiger partial charge is 0.402 e. The minimum absolute atomic E-state index is 0.543. The number of piperidine rings is 1. The number of nitrogens with one attached hydrogen (secondary N) is 1. The third kappa shape index (κ3) is 5.01. The Balaban J connectivity index is 0. The molecule has 2 aliphatic heterocycles. The average molecular weight is 256 g/mol. The molecule has 0 aromatic carbocycles. The summed E-state index contributed by atoms with van der Waals surface area (Å²) in [6, 6.07) is 1.23. The van der Waals surface area contributed by atoms with Crippen molar-refractivity contribution in [2.75, 3.05) is 0 Å². The molecule has 0 aliphatic carbocycles. The molecule has 3 unspecified atom stereocenters. The Morgan fingerprint density at radius 2 is 1.50 bits per heavy atom. The highest BCUT2D eigenvalue weighted by Gasteiger charge is 2.33. The average Bonchev–Trinajstić information content (AvgIpc) is 2.50. The van der Waals surface area contributed by atoms with Crippen LogP contribution in [0.3, 0.4) is 0 Å². The lowest BCUT2D eigenvalue weighted by Gasteiger charge is -2.41. The first-order valence-corrected chi connectivity index (χ1v) is 7.92. The van der Waals surface area contributed by atoms with Crippen LogP contribution in [0.2, 0.25) is 0 Å². The number of hydrogen-bond donors (Lipinski definition) is 2. The van der Waals surface area contributed by atoms with Crippen molar-refractivity contribution in [2.24, 2.45) is 11.7 Å². The van der Waals surface area contributed by atoms with E-state index < -0.39 is 0 Å². The van der Waals surface area contributed by atoms with Gasteiger partial charge in [0.05, 0.1) is 0 Å². The van der Waals surface area contributed by atoms with Crippen molar-refractivity contribution in [2.45, 2.75) is 86.7 Å². The molecule has 0 aromatic heterocycles. The van der Waals surface area contributed by atoms with Gasteiger partial charge in [0, 0.05) is 23.7 Å². The van der Waals surface area contributed by atoms with E-state index in [0.717, 1.165) is 5.70 Å². The van der Waals surface area contributed by atoms with Crippen molar-refractivity contribution < 1.29 is 0 Å². The summed E-state index contributed by atoms with van der Waals surface area (Å²) in [6.45, 7) is 16.4. The molecule has 2 nitrogen and oxygen atoms in total. The van der Waals surface area contributed by atoms with Crippen LogP contribution >= 0.6 is 0 Å². The second-order valence-electron chi connectivity index (χ2n) is 4.18. The van der Waals surface area contributed by atoms with E-state index in [2.05, 4.69) is 19.2 Å². The molecule has 0 aromatic rings. The zero-order valence-corrected chi connectivity index (χ0v) is 13.9. The van der Waals surface area contributed by atoms with Gasteiger partial charge in [-0.05, 0) is 31.8 Å². The summed E-state index contributed by atoms with van der Waals surface area (Å²) in [5.74, 6) is 0.543. The van der Waals surface area contributed by atoms with E-state index in [1.165, 1.54) is 24.8 Å².